The standard InChI is InChI=1S/C23H20FN5O.C22H21N9O2.C20H13N5O.4H2/c1-14-21(23-28-27-22(30-23)18-9-11-19(24)12-10-18)26-20(13-25-14)17-7-5-16(6-8-17)15(2)29(3)4;23-19-18(21-30-29-20(33-21)14-5-2-1-3-6-14)28-16(12-27-19)15-11-26-17(13-25-15)22(32)31-9-4-7-24-8-10-31;1-13-18(20-25-24-19(26-20)14-7-3-2-4-8-14)23-17(12-22-13)16-10-6-5-9-15(16)11-21;;;;/h5-13H,2H2,1,3-4H3;1-3,5-6,11-13,24H,4,7-10H2,(H2,23,27);2-10,12H,1H3;4*1H. The number of nitrogens with zero attached hydrogens (tertiary/aromatic N) is 17. The summed E-state index contributed by atoms with van der Waals surface area (Å²) in [5, 5.41) is 37.1. The van der Waals surface area contributed by atoms with E-state index in [9.17, 15) is 14.4 Å². The van der Waals surface area contributed by atoms with E-state index in [0.717, 1.165) is 47.5 Å². The average molecular weight is 1190 g/mol. The Bertz CT molecular complexity index is 4490. The van der Waals surface area contributed by atoms with Crippen LogP contribution in [-0.2, 0) is 0 Å². The topological polar surface area (TPSA) is 305 Å². The molecule has 23 nitrogen and oxygen atoms in total. The Balaban J connectivity index is 0.000000195. The number of aromatic nitrogens is 14. The first-order valence-electron chi connectivity index (χ1n) is 27.8. The number of nitrogens with two attached hydrogens (primary N) is 1. The maximum atomic E-state index is 13.1. The number of aryl methyl sites for hydroxylation is 2. The number of carbonyl (C=O) groups is 1. The van der Waals surface area contributed by atoms with Gasteiger partial charge in [-0.15, -0.1) is 30.6 Å². The zero-order chi connectivity index (χ0) is 61.8. The molecule has 0 bridgehead atoms. The van der Waals surface area contributed by atoms with Gasteiger partial charge >= 0.3 is 0 Å². The number of carbonyl (C=O) groups excluding carboxylic acids is 1. The molecule has 0 unspecified atom stereocenters. The average Bonchev–Trinajstić information content (AvgIpc) is 1.99. The molecule has 1 saturated heterocycles. The van der Waals surface area contributed by atoms with Crippen molar-refractivity contribution in [3.05, 3.63) is 205 Å². The molecule has 89 heavy (non-hydrogen) atoms. The summed E-state index contributed by atoms with van der Waals surface area (Å²) >= 11 is 0. The Kier molecular flexibility index (Phi) is 17.8. The minimum atomic E-state index is -0.326. The van der Waals surface area contributed by atoms with E-state index < -0.39 is 0 Å². The summed E-state index contributed by atoms with van der Waals surface area (Å²) in [6, 6.07) is 42.2. The lowest BCUT2D eigenvalue weighted by molar-refractivity contribution is 0.0760. The van der Waals surface area contributed by atoms with E-state index in [1.807, 2.05) is 136 Å². The molecule has 5 aromatic carbocycles. The zero-order valence-electron chi connectivity index (χ0n) is 48.5. The second kappa shape index (κ2) is 26.9. The Hall–Kier alpha value is -12.0. The highest BCUT2D eigenvalue weighted by Crippen LogP contribution is 2.31. The number of rotatable bonds is 12. The van der Waals surface area contributed by atoms with E-state index in [1.54, 1.807) is 35.5 Å². The molecule has 13 rings (SSSR count). The summed E-state index contributed by atoms with van der Waals surface area (Å²) in [6.45, 7) is 10.7. The molecular weight excluding hydrogens is 1130 g/mol. The van der Waals surface area contributed by atoms with Gasteiger partial charge in [0, 0.05) is 73.0 Å². The first-order valence-corrected chi connectivity index (χ1v) is 27.8. The van der Waals surface area contributed by atoms with Crippen molar-refractivity contribution in [2.45, 2.75) is 20.3 Å². The van der Waals surface area contributed by atoms with Crippen molar-refractivity contribution in [3.63, 3.8) is 0 Å². The quantitative estimate of drug-likeness (QED) is 0.115. The largest absolute Gasteiger partial charge is 0.415 e. The fourth-order valence-corrected chi connectivity index (χ4v) is 8.99. The SMILES string of the molecule is C=C(c1ccc(-c2cnc(C)c(-c3nnc(-c4ccc(F)cc4)o3)n2)cc1)N(C)C.Cc1ncc(-c2ccccc2C#N)nc1-c1nnc(-c2ccccc2)o1.Nc1ncc(-c2cnc(C(=O)N3CCCNCC3)cn2)nc1-c1nnc(-c2ccccc2)o1.[HH].[HH].[HH].[HH]. The molecule has 0 atom stereocenters. The highest BCUT2D eigenvalue weighted by molar-refractivity contribution is 5.92. The minimum absolute atomic E-state index is 0. The van der Waals surface area contributed by atoms with Gasteiger partial charge in [-0.25, -0.2) is 29.3 Å². The summed E-state index contributed by atoms with van der Waals surface area (Å²) in [5.41, 5.74) is 17.4. The van der Waals surface area contributed by atoms with Crippen molar-refractivity contribution in [2.24, 2.45) is 0 Å². The van der Waals surface area contributed by atoms with Crippen molar-refractivity contribution < 1.29 is 28.1 Å². The van der Waals surface area contributed by atoms with Crippen LogP contribution in [0.4, 0.5) is 10.2 Å². The number of anilines is 1. The highest BCUT2D eigenvalue weighted by Gasteiger charge is 2.23. The summed E-state index contributed by atoms with van der Waals surface area (Å²) in [6.07, 6.45) is 8.70. The third-order valence-electron chi connectivity index (χ3n) is 13.9. The van der Waals surface area contributed by atoms with Crippen molar-refractivity contribution in [1.82, 2.24) is 85.6 Å². The van der Waals surface area contributed by atoms with Gasteiger partial charge < -0.3 is 34.1 Å². The Morgan fingerprint density at radius 3 is 1.66 bits per heavy atom. The molecule has 24 heteroatoms. The highest BCUT2D eigenvalue weighted by atomic mass is 19.1. The van der Waals surface area contributed by atoms with E-state index in [4.69, 9.17) is 24.0 Å². The molecule has 0 radical (unpaired) electrons. The lowest BCUT2D eigenvalue weighted by Crippen LogP contribution is -2.34. The molecule has 12 aromatic rings. The van der Waals surface area contributed by atoms with E-state index in [2.05, 4.69) is 83.4 Å². The second-order valence-electron chi connectivity index (χ2n) is 20.1. The predicted octanol–water partition coefficient (Wildman–Crippen LogP) is 11.5. The molecule has 448 valence electrons. The van der Waals surface area contributed by atoms with Gasteiger partial charge in [-0.3, -0.25) is 19.7 Å². The number of nitrogen functional groups attached to an aromatic ring is 1. The molecule has 7 aromatic heterocycles. The van der Waals surface area contributed by atoms with Gasteiger partial charge in [-0.2, -0.15) is 5.26 Å². The zero-order valence-corrected chi connectivity index (χ0v) is 48.5. The molecule has 1 aliphatic rings. The number of hydrogen-bond acceptors (Lipinski definition) is 22. The molecular formula is C65H62FN19O4. The molecule has 0 spiro atoms. The third kappa shape index (κ3) is 13.8. The smallest absolute Gasteiger partial charge is 0.274 e. The van der Waals surface area contributed by atoms with Gasteiger partial charge in [0.05, 0.1) is 65.4 Å². The number of benzene rings is 5. The first kappa shape index (κ1) is 58.8. The molecule has 3 N–H and O–H groups in total. The first-order chi connectivity index (χ1) is 43.4. The normalized spacial score (nSPS) is 11.9. The predicted molar refractivity (Wildman–Crippen MR) is 337 cm³/mol. The number of nitrogens with one attached hydrogen (secondary N) is 1. The summed E-state index contributed by atoms with van der Waals surface area (Å²) < 4.78 is 30.5. The number of nitriles is 1. The van der Waals surface area contributed by atoms with E-state index in [1.165, 1.54) is 30.7 Å². The van der Waals surface area contributed by atoms with E-state index in [-0.39, 0.29) is 46.4 Å². The van der Waals surface area contributed by atoms with Crippen LogP contribution in [0, 0.1) is 31.0 Å². The molecule has 1 aliphatic heterocycles. The van der Waals surface area contributed by atoms with Crippen molar-refractivity contribution >= 4 is 17.4 Å². The molecule has 0 saturated carbocycles. The maximum absolute atomic E-state index is 13.1. The minimum Gasteiger partial charge on any atom is -0.415 e. The van der Waals surface area contributed by atoms with Crippen LogP contribution >= 0.6 is 0 Å². The van der Waals surface area contributed by atoms with Crippen LogP contribution in [0.1, 0.15) is 45.1 Å². The van der Waals surface area contributed by atoms with Crippen molar-refractivity contribution in [3.8, 4) is 109 Å². The van der Waals surface area contributed by atoms with Crippen molar-refractivity contribution in [1.29, 1.82) is 5.26 Å². The Morgan fingerprint density at radius 2 is 1.08 bits per heavy atom. The Labute approximate surface area is 515 Å². The summed E-state index contributed by atoms with van der Waals surface area (Å²) in [5.74, 6) is 1.46. The molecule has 0 aliphatic carbocycles. The number of halogens is 1. The van der Waals surface area contributed by atoms with Crippen LogP contribution in [0.5, 0.6) is 0 Å². The van der Waals surface area contributed by atoms with Gasteiger partial charge in [0.2, 0.25) is 17.7 Å². The fraction of sp³-hybridized carbons (Fsp3) is 0.138. The number of amides is 1. The van der Waals surface area contributed by atoms with Crippen LogP contribution in [0.15, 0.2) is 184 Å². The second-order valence-corrected chi connectivity index (χ2v) is 20.1. The lowest BCUT2D eigenvalue weighted by atomic mass is 10.1. The van der Waals surface area contributed by atoms with Gasteiger partial charge in [0.25, 0.3) is 23.6 Å². The Morgan fingerprint density at radius 1 is 0.573 bits per heavy atom. The van der Waals surface area contributed by atoms with E-state index in [0.29, 0.717) is 98.9 Å². The summed E-state index contributed by atoms with van der Waals surface area (Å²) in [4.78, 5) is 52.0. The third-order valence-corrected chi connectivity index (χ3v) is 13.9. The van der Waals surface area contributed by atoms with Crippen LogP contribution in [0.25, 0.3) is 109 Å². The van der Waals surface area contributed by atoms with Crippen molar-refractivity contribution in [2.75, 3.05) is 46.0 Å². The number of hydrogen-bond donors (Lipinski definition) is 2. The van der Waals surface area contributed by atoms with Gasteiger partial charge in [-0.1, -0.05) is 85.4 Å². The monoisotopic (exact) mass is 1190 g/mol. The maximum Gasteiger partial charge on any atom is 0.274 e. The van der Waals surface area contributed by atoms with Gasteiger partial charge in [0.1, 0.15) is 34.3 Å². The van der Waals surface area contributed by atoms with Crippen LogP contribution < -0.4 is 11.1 Å². The van der Waals surface area contributed by atoms with Gasteiger partial charge in [-0.05, 0) is 87.0 Å². The molecule has 8 heterocycles. The fourth-order valence-electron chi connectivity index (χ4n) is 8.99. The van der Waals surface area contributed by atoms with E-state index >= 15 is 0 Å². The molecule has 1 amide bonds. The summed E-state index contributed by atoms with van der Waals surface area (Å²) in [7, 11) is 3.91. The lowest BCUT2D eigenvalue weighted by Gasteiger charge is -2.19. The van der Waals surface area contributed by atoms with Crippen LogP contribution in [0.3, 0.4) is 0 Å². The van der Waals surface area contributed by atoms with Gasteiger partial charge in [0.15, 0.2) is 11.5 Å². The van der Waals surface area contributed by atoms with Crippen LogP contribution in [-0.4, -0.2) is 126 Å². The van der Waals surface area contributed by atoms with Crippen LogP contribution in [0.2, 0.25) is 0 Å². The molecule has 1 fully saturated rings.